The Hall–Kier alpha value is -1.13. The Labute approximate surface area is 112 Å². The van der Waals surface area contributed by atoms with Crippen molar-refractivity contribution in [2.45, 2.75) is 39.7 Å². The van der Waals surface area contributed by atoms with Crippen molar-refractivity contribution in [3.05, 3.63) is 29.1 Å². The van der Waals surface area contributed by atoms with E-state index in [9.17, 15) is 0 Å². The second-order valence-electron chi connectivity index (χ2n) is 4.61. The normalized spacial score (nSPS) is 11.3. The first-order chi connectivity index (χ1) is 8.70. The van der Waals surface area contributed by atoms with Gasteiger partial charge < -0.3 is 9.73 Å². The number of oxazole rings is 1. The number of hydrogen-bond acceptors (Lipinski definition) is 4. The van der Waals surface area contributed by atoms with Crippen LogP contribution in [0.1, 0.15) is 32.2 Å². The first-order valence-corrected chi connectivity index (χ1v) is 7.33. The molecule has 0 aliphatic rings. The quantitative estimate of drug-likeness (QED) is 0.867. The molecule has 0 amide bonds. The molecule has 1 N–H and O–H groups in total. The first-order valence-electron chi connectivity index (χ1n) is 6.45. The molecule has 2 heterocycles. The highest BCUT2D eigenvalue weighted by molar-refractivity contribution is 7.13. The zero-order valence-electron chi connectivity index (χ0n) is 11.2. The van der Waals surface area contributed by atoms with Crippen LogP contribution in [0, 0.1) is 0 Å². The van der Waals surface area contributed by atoms with Gasteiger partial charge in [-0.25, -0.2) is 4.98 Å². The van der Waals surface area contributed by atoms with Gasteiger partial charge in [-0.3, -0.25) is 0 Å². The number of hydrogen-bond donors (Lipinski definition) is 1. The predicted octanol–water partition coefficient (Wildman–Crippen LogP) is 3.51. The van der Waals surface area contributed by atoms with E-state index >= 15 is 0 Å². The van der Waals surface area contributed by atoms with E-state index in [4.69, 9.17) is 4.42 Å². The van der Waals surface area contributed by atoms with E-state index in [-0.39, 0.29) is 0 Å². The lowest BCUT2D eigenvalue weighted by atomic mass is 10.2. The molecular formula is C14H20N2OS. The average Bonchev–Trinajstić information content (AvgIpc) is 2.95. The summed E-state index contributed by atoms with van der Waals surface area (Å²) in [7, 11) is 0. The Bertz CT molecular complexity index is 487. The van der Waals surface area contributed by atoms with Gasteiger partial charge in [0.1, 0.15) is 0 Å². The minimum Gasteiger partial charge on any atom is -0.440 e. The Morgan fingerprint density at radius 3 is 3.00 bits per heavy atom. The number of nitrogens with zero attached hydrogens (tertiary/aromatic N) is 1. The molecule has 0 saturated carbocycles. The highest BCUT2D eigenvalue weighted by atomic mass is 32.1. The molecule has 0 radical (unpaired) electrons. The van der Waals surface area contributed by atoms with Crippen LogP contribution in [-0.4, -0.2) is 17.6 Å². The molecule has 2 aromatic heterocycles. The van der Waals surface area contributed by atoms with Gasteiger partial charge in [0, 0.05) is 19.0 Å². The smallest absolute Gasteiger partial charge is 0.196 e. The minimum atomic E-state index is 0.503. The number of aromatic nitrogens is 1. The zero-order chi connectivity index (χ0) is 13.0. The van der Waals surface area contributed by atoms with Crippen molar-refractivity contribution in [3.8, 4) is 10.6 Å². The largest absolute Gasteiger partial charge is 0.440 e. The van der Waals surface area contributed by atoms with Crippen LogP contribution in [0.4, 0.5) is 0 Å². The van der Waals surface area contributed by atoms with Crippen LogP contribution < -0.4 is 5.32 Å². The van der Waals surface area contributed by atoms with E-state index in [1.807, 2.05) is 6.20 Å². The summed E-state index contributed by atoms with van der Waals surface area (Å²) >= 11 is 1.72. The van der Waals surface area contributed by atoms with Gasteiger partial charge in [-0.05, 0) is 23.4 Å². The summed E-state index contributed by atoms with van der Waals surface area (Å²) in [5.41, 5.74) is 1.34. The topological polar surface area (TPSA) is 38.1 Å². The van der Waals surface area contributed by atoms with Crippen LogP contribution in [0.5, 0.6) is 0 Å². The number of aryl methyl sites for hydroxylation is 1. The number of thiophene rings is 1. The Morgan fingerprint density at radius 2 is 2.28 bits per heavy atom. The van der Waals surface area contributed by atoms with Crippen molar-refractivity contribution >= 4 is 11.3 Å². The lowest BCUT2D eigenvalue weighted by Crippen LogP contribution is -2.24. The summed E-state index contributed by atoms with van der Waals surface area (Å²) in [6, 6.07) is 2.66. The van der Waals surface area contributed by atoms with E-state index in [0.29, 0.717) is 6.04 Å². The van der Waals surface area contributed by atoms with Gasteiger partial charge >= 0.3 is 0 Å². The monoisotopic (exact) mass is 264 g/mol. The summed E-state index contributed by atoms with van der Waals surface area (Å²) < 4.78 is 5.81. The van der Waals surface area contributed by atoms with E-state index in [1.54, 1.807) is 11.3 Å². The average molecular weight is 264 g/mol. The summed E-state index contributed by atoms with van der Waals surface area (Å²) in [4.78, 5) is 5.56. The molecule has 4 heteroatoms. The van der Waals surface area contributed by atoms with Crippen LogP contribution in [0.25, 0.3) is 10.6 Å². The van der Waals surface area contributed by atoms with Gasteiger partial charge in [-0.15, -0.1) is 11.3 Å². The fourth-order valence-electron chi connectivity index (χ4n) is 1.83. The fraction of sp³-hybridized carbons (Fsp3) is 0.500. The molecular weight excluding hydrogens is 244 g/mol. The van der Waals surface area contributed by atoms with E-state index in [1.165, 1.54) is 10.4 Å². The molecule has 0 aromatic carbocycles. The van der Waals surface area contributed by atoms with Gasteiger partial charge in [-0.1, -0.05) is 20.8 Å². The highest BCUT2D eigenvalue weighted by Gasteiger charge is 2.11. The second kappa shape index (κ2) is 6.16. The zero-order valence-corrected chi connectivity index (χ0v) is 12.0. The van der Waals surface area contributed by atoms with Crippen molar-refractivity contribution in [3.63, 3.8) is 0 Å². The lowest BCUT2D eigenvalue weighted by molar-refractivity contribution is 0.485. The van der Waals surface area contributed by atoms with Crippen LogP contribution in [0.15, 0.2) is 22.1 Å². The van der Waals surface area contributed by atoms with Crippen LogP contribution in [0.3, 0.4) is 0 Å². The molecule has 2 aromatic rings. The summed E-state index contributed by atoms with van der Waals surface area (Å²) in [5.74, 6) is 1.72. The molecule has 0 aliphatic carbocycles. The van der Waals surface area contributed by atoms with Crippen molar-refractivity contribution in [1.82, 2.24) is 10.3 Å². The van der Waals surface area contributed by atoms with E-state index in [2.05, 4.69) is 42.5 Å². The Morgan fingerprint density at radius 1 is 1.44 bits per heavy atom. The maximum absolute atomic E-state index is 5.81. The van der Waals surface area contributed by atoms with Gasteiger partial charge in [-0.2, -0.15) is 0 Å². The molecule has 2 rings (SSSR count). The SMILES string of the molecule is CCc1ccsc1-c1cnc(CCNC(C)C)o1. The molecule has 3 nitrogen and oxygen atoms in total. The summed E-state index contributed by atoms with van der Waals surface area (Å²) in [6.45, 7) is 7.35. The Balaban J connectivity index is 2.02. The first kappa shape index (κ1) is 13.3. The Kier molecular flexibility index (Phi) is 4.55. The predicted molar refractivity (Wildman–Crippen MR) is 76.0 cm³/mol. The van der Waals surface area contributed by atoms with Gasteiger partial charge in [0.15, 0.2) is 11.7 Å². The van der Waals surface area contributed by atoms with Crippen LogP contribution in [-0.2, 0) is 12.8 Å². The summed E-state index contributed by atoms with van der Waals surface area (Å²) in [5, 5.41) is 5.47. The maximum Gasteiger partial charge on any atom is 0.196 e. The van der Waals surface area contributed by atoms with Crippen LogP contribution >= 0.6 is 11.3 Å². The molecule has 0 saturated heterocycles. The number of nitrogens with one attached hydrogen (secondary N) is 1. The molecule has 98 valence electrons. The molecule has 0 aliphatic heterocycles. The molecule has 0 unspecified atom stereocenters. The fourth-order valence-corrected chi connectivity index (χ4v) is 2.77. The minimum absolute atomic E-state index is 0.503. The van der Waals surface area contributed by atoms with Crippen molar-refractivity contribution < 1.29 is 4.42 Å². The molecule has 0 atom stereocenters. The maximum atomic E-state index is 5.81. The highest BCUT2D eigenvalue weighted by Crippen LogP contribution is 2.30. The third-order valence-electron chi connectivity index (χ3n) is 2.80. The van der Waals surface area contributed by atoms with Gasteiger partial charge in [0.2, 0.25) is 0 Å². The second-order valence-corrected chi connectivity index (χ2v) is 5.52. The van der Waals surface area contributed by atoms with Crippen molar-refractivity contribution in [2.75, 3.05) is 6.54 Å². The standard InChI is InChI=1S/C14H20N2OS/c1-4-11-6-8-18-14(11)12-9-16-13(17-12)5-7-15-10(2)3/h6,8-10,15H,4-5,7H2,1-3H3. The van der Waals surface area contributed by atoms with Gasteiger partial charge in [0.25, 0.3) is 0 Å². The van der Waals surface area contributed by atoms with E-state index < -0.39 is 0 Å². The van der Waals surface area contributed by atoms with E-state index in [0.717, 1.165) is 31.0 Å². The van der Waals surface area contributed by atoms with Gasteiger partial charge in [0.05, 0.1) is 11.1 Å². The molecule has 0 spiro atoms. The molecule has 18 heavy (non-hydrogen) atoms. The third-order valence-corrected chi connectivity index (χ3v) is 3.77. The number of rotatable bonds is 6. The third kappa shape index (κ3) is 3.21. The van der Waals surface area contributed by atoms with Crippen LogP contribution in [0.2, 0.25) is 0 Å². The van der Waals surface area contributed by atoms with Crippen molar-refractivity contribution in [1.29, 1.82) is 0 Å². The molecule has 0 fully saturated rings. The lowest BCUT2D eigenvalue weighted by Gasteiger charge is -2.05. The van der Waals surface area contributed by atoms with Crippen molar-refractivity contribution in [2.24, 2.45) is 0 Å². The molecule has 0 bridgehead atoms. The summed E-state index contributed by atoms with van der Waals surface area (Å²) in [6.07, 6.45) is 3.71.